The molecule has 0 bridgehead atoms. The van der Waals surface area contributed by atoms with Crippen LogP contribution in [0.15, 0.2) is 28.7 Å². The molecule has 1 saturated heterocycles. The van der Waals surface area contributed by atoms with Crippen LogP contribution in [0.1, 0.15) is 31.4 Å². The van der Waals surface area contributed by atoms with Crippen LogP contribution in [0.4, 0.5) is 0 Å². The van der Waals surface area contributed by atoms with Crippen LogP contribution in [0.3, 0.4) is 0 Å². The number of hydrogen-bond acceptors (Lipinski definition) is 3. The molecule has 0 radical (unpaired) electrons. The third-order valence-corrected chi connectivity index (χ3v) is 3.89. The Morgan fingerprint density at radius 1 is 1.41 bits per heavy atom. The number of carbonyl (C=O) groups is 1. The number of nitrogens with two attached hydrogens (primary N) is 1. The van der Waals surface area contributed by atoms with Gasteiger partial charge < -0.3 is 5.73 Å². The highest BCUT2D eigenvalue weighted by Crippen LogP contribution is 2.26. The van der Waals surface area contributed by atoms with Gasteiger partial charge in [0.2, 0.25) is 0 Å². The van der Waals surface area contributed by atoms with Crippen LogP contribution in [0, 0.1) is 0 Å². The molecular formula is C13H17BrN2O. The zero-order chi connectivity index (χ0) is 12.4. The van der Waals surface area contributed by atoms with Crippen molar-refractivity contribution in [3.05, 3.63) is 34.3 Å². The van der Waals surface area contributed by atoms with E-state index in [2.05, 4.69) is 39.9 Å². The van der Waals surface area contributed by atoms with E-state index in [-0.39, 0.29) is 18.0 Å². The molecule has 1 aliphatic heterocycles. The Balaban J connectivity index is 2.11. The van der Waals surface area contributed by atoms with Gasteiger partial charge in [-0.2, -0.15) is 0 Å². The smallest absolute Gasteiger partial charge is 0.137 e. The zero-order valence-corrected chi connectivity index (χ0v) is 11.5. The summed E-state index contributed by atoms with van der Waals surface area (Å²) in [6.07, 6.45) is 0.949. The lowest BCUT2D eigenvalue weighted by Gasteiger charge is -2.37. The molecule has 2 atom stereocenters. The highest BCUT2D eigenvalue weighted by molar-refractivity contribution is 9.10. The Hall–Kier alpha value is -0.710. The van der Waals surface area contributed by atoms with Gasteiger partial charge in [0.05, 0.1) is 6.17 Å². The quantitative estimate of drug-likeness (QED) is 0.912. The van der Waals surface area contributed by atoms with Crippen molar-refractivity contribution in [2.75, 3.05) is 6.54 Å². The number of ketones is 1. The van der Waals surface area contributed by atoms with E-state index in [1.54, 1.807) is 0 Å². The fourth-order valence-electron chi connectivity index (χ4n) is 2.29. The van der Waals surface area contributed by atoms with E-state index >= 15 is 0 Å². The lowest BCUT2D eigenvalue weighted by atomic mass is 10.0. The van der Waals surface area contributed by atoms with Crippen molar-refractivity contribution in [1.29, 1.82) is 0 Å². The fraction of sp³-hybridized carbons (Fsp3) is 0.462. The summed E-state index contributed by atoms with van der Waals surface area (Å²) in [5, 5.41) is 0. The van der Waals surface area contributed by atoms with Crippen molar-refractivity contribution in [3.8, 4) is 0 Å². The summed E-state index contributed by atoms with van der Waals surface area (Å²) < 4.78 is 1.08. The minimum atomic E-state index is -0.144. The predicted octanol–water partition coefficient (Wildman–Crippen LogP) is 2.46. The van der Waals surface area contributed by atoms with Gasteiger partial charge in [0.25, 0.3) is 0 Å². The minimum Gasteiger partial charge on any atom is -0.315 e. The van der Waals surface area contributed by atoms with E-state index in [4.69, 9.17) is 5.73 Å². The summed E-state index contributed by atoms with van der Waals surface area (Å²) in [5.41, 5.74) is 7.27. The van der Waals surface area contributed by atoms with Crippen molar-refractivity contribution in [3.63, 3.8) is 0 Å². The first-order valence-corrected chi connectivity index (χ1v) is 6.65. The molecule has 3 nitrogen and oxygen atoms in total. The molecule has 1 unspecified atom stereocenters. The number of halogens is 1. The number of likely N-dealkylation sites (tertiary alicyclic amines) is 1. The maximum absolute atomic E-state index is 11.3. The monoisotopic (exact) mass is 296 g/mol. The topological polar surface area (TPSA) is 46.3 Å². The Labute approximate surface area is 110 Å². The van der Waals surface area contributed by atoms with Crippen LogP contribution in [-0.2, 0) is 4.79 Å². The fourth-order valence-corrected chi connectivity index (χ4v) is 2.55. The summed E-state index contributed by atoms with van der Waals surface area (Å²) in [6, 6.07) is 8.51. The number of rotatable bonds is 2. The molecule has 0 amide bonds. The summed E-state index contributed by atoms with van der Waals surface area (Å²) in [7, 11) is 0. The second-order valence-corrected chi connectivity index (χ2v) is 5.44. The average Bonchev–Trinajstić information content (AvgIpc) is 2.29. The van der Waals surface area contributed by atoms with Gasteiger partial charge in [0.1, 0.15) is 5.78 Å². The molecule has 1 aromatic carbocycles. The maximum Gasteiger partial charge on any atom is 0.137 e. The predicted molar refractivity (Wildman–Crippen MR) is 71.5 cm³/mol. The molecule has 0 spiro atoms. The molecule has 0 aromatic heterocycles. The van der Waals surface area contributed by atoms with Gasteiger partial charge in [-0.3, -0.25) is 9.69 Å². The molecule has 4 heteroatoms. The molecule has 0 saturated carbocycles. The average molecular weight is 297 g/mol. The lowest BCUT2D eigenvalue weighted by molar-refractivity contribution is -0.123. The Morgan fingerprint density at radius 3 is 2.65 bits per heavy atom. The van der Waals surface area contributed by atoms with E-state index in [9.17, 15) is 4.79 Å². The normalized spacial score (nSPS) is 23.7. The number of carbonyl (C=O) groups excluding carboxylic acids is 1. The van der Waals surface area contributed by atoms with Crippen molar-refractivity contribution in [1.82, 2.24) is 4.90 Å². The molecule has 92 valence electrons. The molecule has 1 fully saturated rings. The van der Waals surface area contributed by atoms with Gasteiger partial charge in [-0.25, -0.2) is 0 Å². The van der Waals surface area contributed by atoms with Crippen molar-refractivity contribution < 1.29 is 4.79 Å². The van der Waals surface area contributed by atoms with E-state index in [1.807, 2.05) is 12.1 Å². The van der Waals surface area contributed by atoms with Crippen molar-refractivity contribution >= 4 is 21.7 Å². The molecule has 2 rings (SSSR count). The molecule has 1 aromatic rings. The molecule has 2 N–H and O–H groups in total. The third-order valence-electron chi connectivity index (χ3n) is 3.36. The summed E-state index contributed by atoms with van der Waals surface area (Å²) >= 11 is 3.43. The van der Waals surface area contributed by atoms with E-state index in [0.717, 1.165) is 11.0 Å². The minimum absolute atomic E-state index is 0.144. The van der Waals surface area contributed by atoms with Gasteiger partial charge in [-0.05, 0) is 24.6 Å². The number of piperidine rings is 1. The van der Waals surface area contributed by atoms with E-state index in [0.29, 0.717) is 12.8 Å². The first-order chi connectivity index (χ1) is 8.08. The Morgan fingerprint density at radius 2 is 2.06 bits per heavy atom. The van der Waals surface area contributed by atoms with Gasteiger partial charge >= 0.3 is 0 Å². The number of benzene rings is 1. The largest absolute Gasteiger partial charge is 0.315 e. The molecule has 1 aliphatic rings. The van der Waals surface area contributed by atoms with Crippen LogP contribution in [-0.4, -0.2) is 23.4 Å². The second-order valence-electron chi connectivity index (χ2n) is 4.53. The molecular weight excluding hydrogens is 280 g/mol. The van der Waals surface area contributed by atoms with Gasteiger partial charge in [0, 0.05) is 29.9 Å². The van der Waals surface area contributed by atoms with Crippen molar-refractivity contribution in [2.24, 2.45) is 5.73 Å². The standard InChI is InChI=1S/C13H17BrN2O/c1-9(10-2-4-11(14)5-3-10)16-7-6-12(17)8-13(16)15/h2-5,9,13H,6-8,15H2,1H3/t9?,13-/m1/s1. The Bertz CT molecular complexity index is 404. The van der Waals surface area contributed by atoms with E-state index < -0.39 is 0 Å². The SMILES string of the molecule is CC(c1ccc(Br)cc1)N1CCC(=O)C[C@@H]1N. The van der Waals surface area contributed by atoms with Crippen LogP contribution in [0.5, 0.6) is 0 Å². The van der Waals surface area contributed by atoms with Crippen LogP contribution in [0.2, 0.25) is 0 Å². The first-order valence-electron chi connectivity index (χ1n) is 5.86. The number of Topliss-reactive ketones (excluding diaryl/α,β-unsaturated/α-hetero) is 1. The third kappa shape index (κ3) is 2.94. The molecule has 0 aliphatic carbocycles. The maximum atomic E-state index is 11.3. The van der Waals surface area contributed by atoms with Crippen molar-refractivity contribution in [2.45, 2.75) is 32.0 Å². The van der Waals surface area contributed by atoms with Gasteiger partial charge in [-0.1, -0.05) is 28.1 Å². The highest BCUT2D eigenvalue weighted by atomic mass is 79.9. The zero-order valence-electron chi connectivity index (χ0n) is 9.90. The Kier molecular flexibility index (Phi) is 3.97. The van der Waals surface area contributed by atoms with Gasteiger partial charge in [0.15, 0.2) is 0 Å². The number of nitrogens with zero attached hydrogens (tertiary/aromatic N) is 1. The van der Waals surface area contributed by atoms with Crippen LogP contribution in [0.25, 0.3) is 0 Å². The van der Waals surface area contributed by atoms with Crippen LogP contribution < -0.4 is 5.73 Å². The molecule has 17 heavy (non-hydrogen) atoms. The van der Waals surface area contributed by atoms with Crippen LogP contribution >= 0.6 is 15.9 Å². The summed E-state index contributed by atoms with van der Waals surface area (Å²) in [5.74, 6) is 0.275. The second kappa shape index (κ2) is 5.29. The first kappa shape index (κ1) is 12.7. The molecule has 1 heterocycles. The van der Waals surface area contributed by atoms with Gasteiger partial charge in [-0.15, -0.1) is 0 Å². The number of hydrogen-bond donors (Lipinski definition) is 1. The summed E-state index contributed by atoms with van der Waals surface area (Å²) in [6.45, 7) is 2.90. The highest BCUT2D eigenvalue weighted by Gasteiger charge is 2.28. The lowest BCUT2D eigenvalue weighted by Crippen LogP contribution is -2.49. The van der Waals surface area contributed by atoms with E-state index in [1.165, 1.54) is 5.56 Å². The summed E-state index contributed by atoms with van der Waals surface area (Å²) in [4.78, 5) is 13.5.